The Morgan fingerprint density at radius 2 is 1.86 bits per heavy atom. The first-order chi connectivity index (χ1) is 14.2. The summed E-state index contributed by atoms with van der Waals surface area (Å²) in [5.74, 6) is 0.740. The number of nitrogens with one attached hydrogen (secondary N) is 2. The summed E-state index contributed by atoms with van der Waals surface area (Å²) in [5.41, 5.74) is 2.10. The third kappa shape index (κ3) is 4.54. The molecule has 6 heteroatoms. The number of aromatic nitrogens is 1. The maximum absolute atomic E-state index is 12.9. The number of amides is 2. The molecule has 2 amide bonds. The van der Waals surface area contributed by atoms with E-state index in [4.69, 9.17) is 0 Å². The summed E-state index contributed by atoms with van der Waals surface area (Å²) < 4.78 is 0. The van der Waals surface area contributed by atoms with Gasteiger partial charge in [0.25, 0.3) is 5.91 Å². The van der Waals surface area contributed by atoms with E-state index in [-0.39, 0.29) is 11.8 Å². The van der Waals surface area contributed by atoms with Crippen LogP contribution < -0.4 is 10.6 Å². The molecule has 0 aliphatic carbocycles. The Labute approximate surface area is 169 Å². The molecule has 0 bridgehead atoms. The molecule has 0 radical (unpaired) electrons. The minimum atomic E-state index is -0.166. The number of benzene rings is 2. The van der Waals surface area contributed by atoms with E-state index in [9.17, 15) is 9.59 Å². The first-order valence-corrected chi connectivity index (χ1v) is 9.98. The third-order valence-corrected chi connectivity index (χ3v) is 5.07. The Balaban J connectivity index is 1.48. The predicted octanol–water partition coefficient (Wildman–Crippen LogP) is 3.91. The number of carbonyl (C=O) groups is 2. The Morgan fingerprint density at radius 1 is 1.07 bits per heavy atom. The van der Waals surface area contributed by atoms with Crippen LogP contribution in [0.4, 0.5) is 11.5 Å². The first kappa shape index (κ1) is 18.9. The molecule has 0 atom stereocenters. The Morgan fingerprint density at radius 3 is 2.66 bits per heavy atom. The second kappa shape index (κ2) is 8.73. The van der Waals surface area contributed by atoms with Crippen LogP contribution in [-0.4, -0.2) is 41.3 Å². The van der Waals surface area contributed by atoms with Gasteiger partial charge in [0.15, 0.2) is 0 Å². The normalized spacial score (nSPS) is 13.7. The van der Waals surface area contributed by atoms with Gasteiger partial charge in [-0.15, -0.1) is 0 Å². The van der Waals surface area contributed by atoms with Gasteiger partial charge >= 0.3 is 0 Å². The van der Waals surface area contributed by atoms with Crippen molar-refractivity contribution in [2.75, 3.05) is 30.3 Å². The van der Waals surface area contributed by atoms with E-state index in [2.05, 4.69) is 15.6 Å². The Hall–Kier alpha value is -3.41. The number of pyridine rings is 1. The van der Waals surface area contributed by atoms with E-state index in [0.29, 0.717) is 24.3 Å². The molecule has 2 heterocycles. The molecule has 1 saturated heterocycles. The van der Waals surface area contributed by atoms with Gasteiger partial charge in [-0.25, -0.2) is 4.98 Å². The van der Waals surface area contributed by atoms with Gasteiger partial charge in [0.1, 0.15) is 5.82 Å². The summed E-state index contributed by atoms with van der Waals surface area (Å²) >= 11 is 0. The van der Waals surface area contributed by atoms with Crippen molar-refractivity contribution in [1.29, 1.82) is 0 Å². The number of nitrogens with zero attached hydrogens (tertiary/aromatic N) is 2. The van der Waals surface area contributed by atoms with Crippen LogP contribution in [0.1, 0.15) is 29.6 Å². The van der Waals surface area contributed by atoms with Crippen LogP contribution in [0, 0.1) is 0 Å². The lowest BCUT2D eigenvalue weighted by atomic mass is 10.1. The number of fused-ring (bicyclic) bond motifs is 1. The van der Waals surface area contributed by atoms with Crippen molar-refractivity contribution >= 4 is 34.2 Å². The average Bonchev–Trinajstić information content (AvgIpc) is 3.16. The molecular formula is C23H24N4O2. The molecule has 1 aliphatic rings. The fraction of sp³-hybridized carbons (Fsp3) is 0.261. The van der Waals surface area contributed by atoms with Crippen molar-refractivity contribution in [3.8, 4) is 0 Å². The highest BCUT2D eigenvalue weighted by molar-refractivity contribution is 6.12. The number of para-hydroxylation sites is 2. The van der Waals surface area contributed by atoms with Gasteiger partial charge in [-0.3, -0.25) is 9.59 Å². The minimum Gasteiger partial charge on any atom is -0.370 e. The molecule has 6 nitrogen and oxygen atoms in total. The second-order valence-electron chi connectivity index (χ2n) is 7.16. The van der Waals surface area contributed by atoms with Gasteiger partial charge in [0.2, 0.25) is 5.91 Å². The van der Waals surface area contributed by atoms with Crippen molar-refractivity contribution < 1.29 is 9.59 Å². The van der Waals surface area contributed by atoms with Crippen LogP contribution in [0.15, 0.2) is 60.7 Å². The SMILES string of the molecule is O=C(Nc1ccccc1)c1cc(NCCCN2CCCC2=O)nc2ccccc12. The zero-order valence-electron chi connectivity index (χ0n) is 16.2. The summed E-state index contributed by atoms with van der Waals surface area (Å²) in [6.07, 6.45) is 2.46. The number of hydrogen-bond acceptors (Lipinski definition) is 4. The molecule has 4 rings (SSSR count). The van der Waals surface area contributed by atoms with E-state index in [1.54, 1.807) is 6.07 Å². The van der Waals surface area contributed by atoms with Crippen molar-refractivity contribution in [3.63, 3.8) is 0 Å². The molecule has 0 unspecified atom stereocenters. The first-order valence-electron chi connectivity index (χ1n) is 9.98. The summed E-state index contributed by atoms with van der Waals surface area (Å²) in [6.45, 7) is 2.30. The van der Waals surface area contributed by atoms with Crippen molar-refractivity contribution in [1.82, 2.24) is 9.88 Å². The fourth-order valence-corrected chi connectivity index (χ4v) is 3.60. The van der Waals surface area contributed by atoms with Gasteiger partial charge in [-0.1, -0.05) is 36.4 Å². The molecule has 2 N–H and O–H groups in total. The standard InChI is InChI=1S/C23H24N4O2/c28-22-12-6-14-27(22)15-7-13-24-21-16-19(18-10-4-5-11-20(18)26-21)23(29)25-17-8-2-1-3-9-17/h1-5,8-11,16H,6-7,12-15H2,(H,24,26)(H,25,29). The summed E-state index contributed by atoms with van der Waals surface area (Å²) in [5, 5.41) is 7.07. The summed E-state index contributed by atoms with van der Waals surface area (Å²) in [7, 11) is 0. The van der Waals surface area contributed by atoms with Crippen LogP contribution in [-0.2, 0) is 4.79 Å². The van der Waals surface area contributed by atoms with Crippen LogP contribution in [0.2, 0.25) is 0 Å². The second-order valence-corrected chi connectivity index (χ2v) is 7.16. The van der Waals surface area contributed by atoms with E-state index in [0.717, 1.165) is 42.5 Å². The Bertz CT molecular complexity index is 1020. The van der Waals surface area contributed by atoms with Gasteiger partial charge in [-0.05, 0) is 37.1 Å². The molecule has 2 aromatic carbocycles. The third-order valence-electron chi connectivity index (χ3n) is 5.07. The molecule has 1 aromatic heterocycles. The quantitative estimate of drug-likeness (QED) is 0.602. The minimum absolute atomic E-state index is 0.166. The van der Waals surface area contributed by atoms with E-state index in [1.807, 2.05) is 59.5 Å². The molecule has 3 aromatic rings. The Kier molecular flexibility index (Phi) is 5.70. The van der Waals surface area contributed by atoms with Gasteiger partial charge in [-0.2, -0.15) is 0 Å². The number of likely N-dealkylation sites (tertiary alicyclic amines) is 1. The number of hydrogen-bond donors (Lipinski definition) is 2. The maximum atomic E-state index is 12.9. The molecule has 148 valence electrons. The predicted molar refractivity (Wildman–Crippen MR) is 115 cm³/mol. The molecule has 1 aliphatic heterocycles. The summed E-state index contributed by atoms with van der Waals surface area (Å²) in [6, 6.07) is 18.8. The summed E-state index contributed by atoms with van der Waals surface area (Å²) in [4.78, 5) is 31.2. The monoisotopic (exact) mass is 388 g/mol. The lowest BCUT2D eigenvalue weighted by molar-refractivity contribution is -0.127. The molecule has 29 heavy (non-hydrogen) atoms. The zero-order valence-corrected chi connectivity index (χ0v) is 16.2. The average molecular weight is 388 g/mol. The van der Waals surface area contributed by atoms with Crippen LogP contribution >= 0.6 is 0 Å². The number of rotatable bonds is 7. The number of carbonyl (C=O) groups excluding carboxylic acids is 2. The lowest BCUT2D eigenvalue weighted by Gasteiger charge is -2.16. The van der Waals surface area contributed by atoms with Crippen molar-refractivity contribution in [2.45, 2.75) is 19.3 Å². The van der Waals surface area contributed by atoms with E-state index < -0.39 is 0 Å². The van der Waals surface area contributed by atoms with Gasteiger partial charge in [0.05, 0.1) is 11.1 Å². The lowest BCUT2D eigenvalue weighted by Crippen LogP contribution is -2.27. The molecule has 1 fully saturated rings. The zero-order chi connectivity index (χ0) is 20.1. The highest BCUT2D eigenvalue weighted by Gasteiger charge is 2.19. The van der Waals surface area contributed by atoms with Gasteiger partial charge in [0, 0.05) is 37.1 Å². The fourth-order valence-electron chi connectivity index (χ4n) is 3.60. The van der Waals surface area contributed by atoms with Gasteiger partial charge < -0.3 is 15.5 Å². The number of anilines is 2. The van der Waals surface area contributed by atoms with E-state index >= 15 is 0 Å². The maximum Gasteiger partial charge on any atom is 0.256 e. The highest BCUT2D eigenvalue weighted by Crippen LogP contribution is 2.22. The molecule has 0 spiro atoms. The smallest absolute Gasteiger partial charge is 0.256 e. The van der Waals surface area contributed by atoms with Crippen molar-refractivity contribution in [3.05, 3.63) is 66.2 Å². The highest BCUT2D eigenvalue weighted by atomic mass is 16.2. The largest absolute Gasteiger partial charge is 0.370 e. The van der Waals surface area contributed by atoms with Crippen LogP contribution in [0.25, 0.3) is 10.9 Å². The van der Waals surface area contributed by atoms with E-state index in [1.165, 1.54) is 0 Å². The van der Waals surface area contributed by atoms with Crippen LogP contribution in [0.3, 0.4) is 0 Å². The van der Waals surface area contributed by atoms with Crippen molar-refractivity contribution in [2.24, 2.45) is 0 Å². The van der Waals surface area contributed by atoms with Crippen LogP contribution in [0.5, 0.6) is 0 Å². The topological polar surface area (TPSA) is 74.3 Å². The molecule has 0 saturated carbocycles. The molecular weight excluding hydrogens is 364 g/mol.